The van der Waals surface area contributed by atoms with Crippen LogP contribution in [0.5, 0.6) is 11.5 Å². The quantitative estimate of drug-likeness (QED) is 0.910. The van der Waals surface area contributed by atoms with Crippen molar-refractivity contribution in [3.8, 4) is 11.5 Å². The van der Waals surface area contributed by atoms with Crippen LogP contribution in [0.3, 0.4) is 0 Å². The number of rotatable bonds is 5. The molecule has 2 rings (SSSR count). The monoisotopic (exact) mass is 273 g/mol. The molecule has 1 heterocycles. The molecule has 106 valence electrons. The van der Waals surface area contributed by atoms with Gasteiger partial charge in [0.25, 0.3) is 0 Å². The molecular weight excluding hydrogens is 254 g/mol. The second kappa shape index (κ2) is 5.92. The van der Waals surface area contributed by atoms with Crippen molar-refractivity contribution in [2.45, 2.75) is 19.4 Å². The smallest absolute Gasteiger partial charge is 0.137 e. The molecule has 4 nitrogen and oxygen atoms in total. The molecule has 0 saturated heterocycles. The van der Waals surface area contributed by atoms with Gasteiger partial charge >= 0.3 is 0 Å². The van der Waals surface area contributed by atoms with E-state index in [1.807, 2.05) is 31.2 Å². The molecule has 0 aliphatic rings. The third-order valence-corrected chi connectivity index (χ3v) is 3.22. The zero-order valence-electron chi connectivity index (χ0n) is 12.0. The number of aromatic nitrogens is 1. The predicted molar refractivity (Wildman–Crippen MR) is 77.1 cm³/mol. The summed E-state index contributed by atoms with van der Waals surface area (Å²) in [4.78, 5) is 4.12. The fraction of sp³-hybridized carbons (Fsp3) is 0.312. The minimum Gasteiger partial charge on any atom is -0.497 e. The Balaban J connectivity index is 2.40. The number of nitrogens with zero attached hydrogens (tertiary/aromatic N) is 1. The molecule has 0 saturated carbocycles. The summed E-state index contributed by atoms with van der Waals surface area (Å²) in [5, 5.41) is 10.8. The topological polar surface area (TPSA) is 51.6 Å². The average Bonchev–Trinajstić information content (AvgIpc) is 2.48. The zero-order valence-corrected chi connectivity index (χ0v) is 12.0. The van der Waals surface area contributed by atoms with Crippen molar-refractivity contribution in [2.24, 2.45) is 0 Å². The lowest BCUT2D eigenvalue weighted by Gasteiger charge is -2.25. The summed E-state index contributed by atoms with van der Waals surface area (Å²) in [5.74, 6) is 1.35. The summed E-state index contributed by atoms with van der Waals surface area (Å²) in [6.45, 7) is 4.20. The van der Waals surface area contributed by atoms with E-state index < -0.39 is 5.60 Å². The molecule has 1 atom stereocenters. The van der Waals surface area contributed by atoms with Crippen LogP contribution >= 0.6 is 0 Å². The Kier molecular flexibility index (Phi) is 4.25. The number of methoxy groups -OCH3 is 1. The summed E-state index contributed by atoms with van der Waals surface area (Å²) >= 11 is 0. The van der Waals surface area contributed by atoms with Gasteiger partial charge in [-0.1, -0.05) is 12.1 Å². The molecule has 0 aliphatic carbocycles. The maximum absolute atomic E-state index is 10.8. The minimum atomic E-state index is -1.16. The first-order valence-electron chi connectivity index (χ1n) is 6.53. The fourth-order valence-corrected chi connectivity index (χ4v) is 2.02. The van der Waals surface area contributed by atoms with E-state index in [-0.39, 0.29) is 0 Å². The summed E-state index contributed by atoms with van der Waals surface area (Å²) in [7, 11) is 1.60. The third-order valence-electron chi connectivity index (χ3n) is 3.22. The Bertz CT molecular complexity index is 581. The van der Waals surface area contributed by atoms with E-state index >= 15 is 0 Å². The van der Waals surface area contributed by atoms with Gasteiger partial charge in [0, 0.05) is 11.8 Å². The average molecular weight is 273 g/mol. The van der Waals surface area contributed by atoms with Crippen LogP contribution in [0.25, 0.3) is 0 Å². The van der Waals surface area contributed by atoms with Crippen LogP contribution in [0.2, 0.25) is 0 Å². The lowest BCUT2D eigenvalue weighted by atomic mass is 9.89. The van der Waals surface area contributed by atoms with E-state index in [1.54, 1.807) is 32.5 Å². The molecule has 20 heavy (non-hydrogen) atoms. The van der Waals surface area contributed by atoms with Crippen LogP contribution in [0.1, 0.15) is 25.0 Å². The van der Waals surface area contributed by atoms with Gasteiger partial charge < -0.3 is 14.6 Å². The molecule has 1 N–H and O–H groups in total. The Hall–Kier alpha value is -2.07. The van der Waals surface area contributed by atoms with Gasteiger partial charge in [0.05, 0.1) is 19.9 Å². The molecule has 2 aromatic rings. The molecule has 0 spiro atoms. The maximum atomic E-state index is 10.8. The molecule has 0 bridgehead atoms. The highest BCUT2D eigenvalue weighted by atomic mass is 16.5. The highest BCUT2D eigenvalue weighted by Crippen LogP contribution is 2.32. The highest BCUT2D eigenvalue weighted by Gasteiger charge is 2.27. The fourth-order valence-electron chi connectivity index (χ4n) is 2.02. The van der Waals surface area contributed by atoms with E-state index in [2.05, 4.69) is 4.98 Å². The number of aliphatic hydroxyl groups is 1. The Morgan fingerprint density at radius 2 is 1.90 bits per heavy atom. The second-order valence-electron chi connectivity index (χ2n) is 4.65. The standard InChI is InChI=1S/C16H19NO3/c1-4-20-15-9-13(10-17-11-15)16(2,18)12-6-5-7-14(8-12)19-3/h5-11,18H,4H2,1-3H3. The van der Waals surface area contributed by atoms with E-state index in [0.29, 0.717) is 23.7 Å². The van der Waals surface area contributed by atoms with Crippen LogP contribution in [0.4, 0.5) is 0 Å². The summed E-state index contributed by atoms with van der Waals surface area (Å²) in [6.07, 6.45) is 3.27. The van der Waals surface area contributed by atoms with Crippen LogP contribution in [0.15, 0.2) is 42.7 Å². The van der Waals surface area contributed by atoms with E-state index in [4.69, 9.17) is 9.47 Å². The van der Waals surface area contributed by atoms with Gasteiger partial charge in [0.1, 0.15) is 17.1 Å². The molecule has 0 fully saturated rings. The van der Waals surface area contributed by atoms with Crippen molar-refractivity contribution in [3.05, 3.63) is 53.9 Å². The van der Waals surface area contributed by atoms with Gasteiger partial charge in [-0.15, -0.1) is 0 Å². The van der Waals surface area contributed by atoms with Crippen molar-refractivity contribution in [3.63, 3.8) is 0 Å². The molecule has 0 radical (unpaired) electrons. The highest BCUT2D eigenvalue weighted by molar-refractivity contribution is 5.40. The predicted octanol–water partition coefficient (Wildman–Crippen LogP) is 2.74. The lowest BCUT2D eigenvalue weighted by Crippen LogP contribution is -2.23. The van der Waals surface area contributed by atoms with Crippen molar-refractivity contribution >= 4 is 0 Å². The normalized spacial score (nSPS) is 13.6. The van der Waals surface area contributed by atoms with E-state index in [9.17, 15) is 5.11 Å². The zero-order chi connectivity index (χ0) is 14.6. The molecular formula is C16H19NO3. The SMILES string of the molecule is CCOc1cncc(C(C)(O)c2cccc(OC)c2)c1. The van der Waals surface area contributed by atoms with Crippen LogP contribution < -0.4 is 9.47 Å². The van der Waals surface area contributed by atoms with Crippen LogP contribution in [-0.4, -0.2) is 23.8 Å². The Morgan fingerprint density at radius 1 is 1.15 bits per heavy atom. The van der Waals surface area contributed by atoms with E-state index in [0.717, 1.165) is 5.56 Å². The first-order chi connectivity index (χ1) is 9.57. The van der Waals surface area contributed by atoms with Gasteiger partial charge in [-0.3, -0.25) is 4.98 Å². The summed E-state index contributed by atoms with van der Waals surface area (Å²) < 4.78 is 10.6. The number of benzene rings is 1. The Labute approximate surface area is 119 Å². The third kappa shape index (κ3) is 2.91. The first kappa shape index (κ1) is 14.3. The van der Waals surface area contributed by atoms with Gasteiger partial charge in [-0.25, -0.2) is 0 Å². The molecule has 0 aliphatic heterocycles. The van der Waals surface area contributed by atoms with Gasteiger partial charge in [-0.05, 0) is 37.6 Å². The number of pyridine rings is 1. The van der Waals surface area contributed by atoms with Crippen molar-refractivity contribution < 1.29 is 14.6 Å². The molecule has 0 amide bonds. The van der Waals surface area contributed by atoms with Crippen molar-refractivity contribution in [2.75, 3.05) is 13.7 Å². The van der Waals surface area contributed by atoms with Gasteiger partial charge in [0.2, 0.25) is 0 Å². The van der Waals surface area contributed by atoms with Gasteiger partial charge in [-0.2, -0.15) is 0 Å². The molecule has 1 aromatic heterocycles. The molecule has 1 unspecified atom stereocenters. The number of ether oxygens (including phenoxy) is 2. The van der Waals surface area contributed by atoms with Crippen LogP contribution in [-0.2, 0) is 5.60 Å². The minimum absolute atomic E-state index is 0.562. The summed E-state index contributed by atoms with van der Waals surface area (Å²) in [5.41, 5.74) is 0.262. The Morgan fingerprint density at radius 3 is 2.60 bits per heavy atom. The van der Waals surface area contributed by atoms with Crippen molar-refractivity contribution in [1.29, 1.82) is 0 Å². The molecule has 1 aromatic carbocycles. The van der Waals surface area contributed by atoms with Crippen LogP contribution in [0, 0.1) is 0 Å². The van der Waals surface area contributed by atoms with E-state index in [1.165, 1.54) is 0 Å². The molecule has 4 heteroatoms. The number of hydrogen-bond donors (Lipinski definition) is 1. The lowest BCUT2D eigenvalue weighted by molar-refractivity contribution is 0.101. The first-order valence-corrected chi connectivity index (χ1v) is 6.53. The summed E-state index contributed by atoms with van der Waals surface area (Å²) in [6, 6.07) is 9.16. The second-order valence-corrected chi connectivity index (χ2v) is 4.65. The van der Waals surface area contributed by atoms with Gasteiger partial charge in [0.15, 0.2) is 0 Å². The maximum Gasteiger partial charge on any atom is 0.137 e. The number of hydrogen-bond acceptors (Lipinski definition) is 4. The van der Waals surface area contributed by atoms with Crippen molar-refractivity contribution in [1.82, 2.24) is 4.98 Å². The largest absolute Gasteiger partial charge is 0.497 e.